The Morgan fingerprint density at radius 3 is 2.73 bits per heavy atom. The molecule has 0 fully saturated rings. The van der Waals surface area contributed by atoms with Crippen LogP contribution >= 0.6 is 11.6 Å². The normalized spacial score (nSPS) is 10.5. The minimum Gasteiger partial charge on any atom is -0.397 e. The molecule has 0 saturated carbocycles. The van der Waals surface area contributed by atoms with E-state index >= 15 is 0 Å². The summed E-state index contributed by atoms with van der Waals surface area (Å²) >= 11 is 5.72. The van der Waals surface area contributed by atoms with Crippen LogP contribution in [0.25, 0.3) is 11.5 Å². The molecule has 7 nitrogen and oxygen atoms in total. The minimum absolute atomic E-state index is 0.00530. The number of anilines is 1. The van der Waals surface area contributed by atoms with Crippen LogP contribution in [-0.4, -0.2) is 10.1 Å². The van der Waals surface area contributed by atoms with Gasteiger partial charge in [-0.15, -0.1) is 0 Å². The van der Waals surface area contributed by atoms with E-state index in [-0.39, 0.29) is 22.4 Å². The van der Waals surface area contributed by atoms with Crippen LogP contribution in [0.3, 0.4) is 0 Å². The zero-order chi connectivity index (χ0) is 11.0. The lowest BCUT2D eigenvalue weighted by Gasteiger charge is -1.87. The third-order valence-electron chi connectivity index (χ3n) is 1.66. The Morgan fingerprint density at radius 1 is 1.53 bits per heavy atom. The van der Waals surface area contributed by atoms with Gasteiger partial charge in [0.1, 0.15) is 9.95 Å². The number of aromatic nitrogens is 1. The average Bonchev–Trinajstić information content (AvgIpc) is 2.76. The fourth-order valence-corrected chi connectivity index (χ4v) is 1.15. The Balaban J connectivity index is 2.46. The summed E-state index contributed by atoms with van der Waals surface area (Å²) in [6.45, 7) is 0. The summed E-state index contributed by atoms with van der Waals surface area (Å²) in [5.74, 6) is -0.222. The molecule has 2 aromatic rings. The number of nitro groups is 1. The fourth-order valence-electron chi connectivity index (χ4n) is 0.992. The average molecular weight is 230 g/mol. The predicted molar refractivity (Wildman–Crippen MR) is 50.3 cm³/mol. The highest BCUT2D eigenvalue weighted by Gasteiger charge is 2.20. The van der Waals surface area contributed by atoms with E-state index in [1.54, 1.807) is 0 Å². The van der Waals surface area contributed by atoms with E-state index in [0.29, 0.717) is 0 Å². The van der Waals surface area contributed by atoms with Crippen molar-refractivity contribution in [2.75, 3.05) is 5.73 Å². The third-order valence-corrected chi connectivity index (χ3v) is 2.02. The molecule has 8 heteroatoms. The first kappa shape index (κ1) is 9.53. The first-order valence-corrected chi connectivity index (χ1v) is 4.12. The molecule has 2 rings (SSSR count). The van der Waals surface area contributed by atoms with Gasteiger partial charge < -0.3 is 14.7 Å². The summed E-state index contributed by atoms with van der Waals surface area (Å²) in [6, 6.07) is 2.54. The number of nitrogens with two attached hydrogens (primary N) is 1. The van der Waals surface area contributed by atoms with E-state index < -0.39 is 10.8 Å². The quantitative estimate of drug-likeness (QED) is 0.624. The summed E-state index contributed by atoms with van der Waals surface area (Å²) in [4.78, 5) is 9.67. The van der Waals surface area contributed by atoms with Crippen LogP contribution in [0.1, 0.15) is 0 Å². The number of halogens is 1. The summed E-state index contributed by atoms with van der Waals surface area (Å²) in [7, 11) is 0. The van der Waals surface area contributed by atoms with Gasteiger partial charge in [0.05, 0.1) is 6.07 Å². The lowest BCUT2D eigenvalue weighted by atomic mass is 10.3. The molecule has 0 radical (unpaired) electrons. The standard InChI is InChI=1S/C7H4ClN3O4/c8-5-6(15-10-7(5)9)3-1-2-4(14-3)11(12)13/h1-2H,(H2,9,10). The van der Waals surface area contributed by atoms with Crippen molar-refractivity contribution in [3.63, 3.8) is 0 Å². The van der Waals surface area contributed by atoms with Gasteiger partial charge in [0.2, 0.25) is 5.76 Å². The van der Waals surface area contributed by atoms with Crippen molar-refractivity contribution in [2.24, 2.45) is 0 Å². The second-order valence-corrected chi connectivity index (χ2v) is 2.98. The Labute approximate surface area is 87.5 Å². The number of rotatable bonds is 2. The molecule has 0 atom stereocenters. The van der Waals surface area contributed by atoms with Crippen LogP contribution in [-0.2, 0) is 0 Å². The van der Waals surface area contributed by atoms with E-state index in [2.05, 4.69) is 5.16 Å². The Bertz CT molecular complexity index is 518. The number of hydrogen-bond acceptors (Lipinski definition) is 6. The van der Waals surface area contributed by atoms with E-state index in [1.165, 1.54) is 12.1 Å². The number of nitrogen functional groups attached to an aromatic ring is 1. The molecule has 0 aliphatic carbocycles. The van der Waals surface area contributed by atoms with Crippen molar-refractivity contribution in [3.05, 3.63) is 27.3 Å². The van der Waals surface area contributed by atoms with Gasteiger partial charge in [-0.1, -0.05) is 16.8 Å². The van der Waals surface area contributed by atoms with Crippen LogP contribution in [0.2, 0.25) is 5.02 Å². The lowest BCUT2D eigenvalue weighted by Crippen LogP contribution is -1.83. The van der Waals surface area contributed by atoms with Gasteiger partial charge in [-0.25, -0.2) is 0 Å². The molecule has 0 spiro atoms. The summed E-state index contributed by atoms with van der Waals surface area (Å²) in [6.07, 6.45) is 0. The van der Waals surface area contributed by atoms with Crippen molar-refractivity contribution in [1.82, 2.24) is 5.16 Å². The van der Waals surface area contributed by atoms with E-state index in [9.17, 15) is 10.1 Å². The molecular weight excluding hydrogens is 226 g/mol. The topological polar surface area (TPSA) is 108 Å². The molecule has 2 heterocycles. The van der Waals surface area contributed by atoms with Crippen molar-refractivity contribution in [1.29, 1.82) is 0 Å². The molecule has 0 bridgehead atoms. The molecule has 2 N–H and O–H groups in total. The second kappa shape index (κ2) is 3.28. The largest absolute Gasteiger partial charge is 0.433 e. The van der Waals surface area contributed by atoms with Crippen molar-refractivity contribution >= 4 is 23.3 Å². The summed E-state index contributed by atoms with van der Waals surface area (Å²) in [5.41, 5.74) is 5.33. The van der Waals surface area contributed by atoms with Gasteiger partial charge in [0.25, 0.3) is 0 Å². The van der Waals surface area contributed by atoms with Gasteiger partial charge in [0.15, 0.2) is 11.6 Å². The lowest BCUT2D eigenvalue weighted by molar-refractivity contribution is -0.401. The first-order valence-electron chi connectivity index (χ1n) is 3.75. The molecule has 0 unspecified atom stereocenters. The highest BCUT2D eigenvalue weighted by atomic mass is 35.5. The molecule has 15 heavy (non-hydrogen) atoms. The number of nitrogens with zero attached hydrogens (tertiary/aromatic N) is 2. The Morgan fingerprint density at radius 2 is 2.27 bits per heavy atom. The second-order valence-electron chi connectivity index (χ2n) is 2.61. The van der Waals surface area contributed by atoms with Crippen LogP contribution in [0.15, 0.2) is 21.1 Å². The van der Waals surface area contributed by atoms with E-state index in [4.69, 9.17) is 26.3 Å². The Hall–Kier alpha value is -2.02. The third kappa shape index (κ3) is 1.52. The van der Waals surface area contributed by atoms with Gasteiger partial charge in [0, 0.05) is 0 Å². The monoisotopic (exact) mass is 229 g/mol. The summed E-state index contributed by atoms with van der Waals surface area (Å²) in [5, 5.41) is 13.8. The highest BCUT2D eigenvalue weighted by Crippen LogP contribution is 2.34. The predicted octanol–water partition coefficient (Wildman–Crippen LogP) is 2.08. The van der Waals surface area contributed by atoms with Gasteiger partial charge in [-0.2, -0.15) is 0 Å². The van der Waals surface area contributed by atoms with Crippen molar-refractivity contribution in [3.8, 4) is 11.5 Å². The SMILES string of the molecule is Nc1noc(-c2ccc([N+](=O)[O-])o2)c1Cl. The van der Waals surface area contributed by atoms with Crippen LogP contribution in [0.5, 0.6) is 0 Å². The maximum atomic E-state index is 10.3. The van der Waals surface area contributed by atoms with Gasteiger partial charge >= 0.3 is 5.88 Å². The number of hydrogen-bond donors (Lipinski definition) is 1. The van der Waals surface area contributed by atoms with E-state index in [0.717, 1.165) is 0 Å². The van der Waals surface area contributed by atoms with E-state index in [1.807, 2.05) is 0 Å². The molecule has 78 valence electrons. The zero-order valence-electron chi connectivity index (χ0n) is 7.14. The van der Waals surface area contributed by atoms with Crippen LogP contribution in [0, 0.1) is 10.1 Å². The first-order chi connectivity index (χ1) is 7.09. The minimum atomic E-state index is -0.670. The van der Waals surface area contributed by atoms with Crippen LogP contribution in [0.4, 0.5) is 11.7 Å². The van der Waals surface area contributed by atoms with Gasteiger partial charge in [-0.05, 0) is 6.07 Å². The smallest absolute Gasteiger partial charge is 0.397 e. The summed E-state index contributed by atoms with van der Waals surface area (Å²) < 4.78 is 9.60. The molecule has 0 aromatic carbocycles. The molecule has 0 aliphatic rings. The Kier molecular flexibility index (Phi) is 2.09. The van der Waals surface area contributed by atoms with Crippen molar-refractivity contribution in [2.45, 2.75) is 0 Å². The maximum absolute atomic E-state index is 10.3. The molecular formula is C7H4ClN3O4. The maximum Gasteiger partial charge on any atom is 0.433 e. The number of furan rings is 1. The zero-order valence-corrected chi connectivity index (χ0v) is 7.89. The molecule has 0 saturated heterocycles. The molecule has 2 aromatic heterocycles. The van der Waals surface area contributed by atoms with Gasteiger partial charge in [-0.3, -0.25) is 10.1 Å². The molecule has 0 amide bonds. The highest BCUT2D eigenvalue weighted by molar-refractivity contribution is 6.35. The fraction of sp³-hybridized carbons (Fsp3) is 0. The van der Waals surface area contributed by atoms with Crippen molar-refractivity contribution < 1.29 is 13.9 Å². The molecule has 0 aliphatic heterocycles. The van der Waals surface area contributed by atoms with Crippen LogP contribution < -0.4 is 5.73 Å².